The Morgan fingerprint density at radius 1 is 1.53 bits per heavy atom. The van der Waals surface area contributed by atoms with E-state index >= 15 is 0 Å². The van der Waals surface area contributed by atoms with Gasteiger partial charge in [0.05, 0.1) is 5.56 Å². The van der Waals surface area contributed by atoms with Gasteiger partial charge in [0.2, 0.25) is 0 Å². The largest absolute Gasteiger partial charge is 0.507 e. The first-order valence-electron chi connectivity index (χ1n) is 4.75. The maximum absolute atomic E-state index is 10.7. The van der Waals surface area contributed by atoms with E-state index in [2.05, 4.69) is 0 Å². The van der Waals surface area contributed by atoms with Gasteiger partial charge in [-0.2, -0.15) is 0 Å². The minimum Gasteiger partial charge on any atom is -0.507 e. The summed E-state index contributed by atoms with van der Waals surface area (Å²) in [5.74, 6) is -0.0865. The van der Waals surface area contributed by atoms with Crippen molar-refractivity contribution in [2.24, 2.45) is 5.73 Å². The zero-order chi connectivity index (χ0) is 11.4. The summed E-state index contributed by atoms with van der Waals surface area (Å²) in [7, 11) is 0. The molecule has 0 aliphatic heterocycles. The highest BCUT2D eigenvalue weighted by molar-refractivity contribution is 5.80. The smallest absolute Gasteiger partial charge is 0.153 e. The maximum atomic E-state index is 10.7. The third-order valence-electron chi connectivity index (χ3n) is 2.28. The molecule has 4 N–H and O–H groups in total. The van der Waals surface area contributed by atoms with Gasteiger partial charge in [-0.1, -0.05) is 6.07 Å². The maximum Gasteiger partial charge on any atom is 0.153 e. The van der Waals surface area contributed by atoms with E-state index in [9.17, 15) is 9.90 Å². The van der Waals surface area contributed by atoms with E-state index in [0.717, 1.165) is 5.56 Å². The molecule has 0 saturated carbocycles. The Bertz CT molecular complexity index is 363. The predicted molar refractivity (Wildman–Crippen MR) is 56.9 cm³/mol. The van der Waals surface area contributed by atoms with Gasteiger partial charge < -0.3 is 15.9 Å². The molecule has 0 radical (unpaired) electrons. The molecule has 1 rings (SSSR count). The number of aromatic hydroxyl groups is 1. The molecule has 0 saturated heterocycles. The summed E-state index contributed by atoms with van der Waals surface area (Å²) in [5.41, 5.74) is 7.36. The molecular formula is C11H15NO3. The number of phenolic OH excluding ortho intramolecular Hbond substituents is 1. The number of aliphatic hydroxyl groups is 1. The first-order chi connectivity index (χ1) is 7.10. The summed E-state index contributed by atoms with van der Waals surface area (Å²) in [4.78, 5) is 10.7. The molecule has 15 heavy (non-hydrogen) atoms. The molecule has 0 bridgehead atoms. The van der Waals surface area contributed by atoms with Crippen molar-refractivity contribution < 1.29 is 15.0 Å². The van der Waals surface area contributed by atoms with Gasteiger partial charge in [0, 0.05) is 18.2 Å². The van der Waals surface area contributed by atoms with Gasteiger partial charge in [0.25, 0.3) is 0 Å². The van der Waals surface area contributed by atoms with Crippen LogP contribution < -0.4 is 5.73 Å². The molecule has 1 atom stereocenters. The van der Waals surface area contributed by atoms with E-state index in [0.29, 0.717) is 18.3 Å². The number of aliphatic hydroxyl groups excluding tert-OH is 1. The Morgan fingerprint density at radius 3 is 2.73 bits per heavy atom. The van der Waals surface area contributed by atoms with Crippen molar-refractivity contribution in [1.29, 1.82) is 0 Å². The van der Waals surface area contributed by atoms with Crippen LogP contribution in [0.15, 0.2) is 12.1 Å². The Kier molecular flexibility index (Phi) is 3.82. The second-order valence-corrected chi connectivity index (χ2v) is 3.53. The molecule has 1 aromatic rings. The number of benzene rings is 1. The fraction of sp³-hybridized carbons (Fsp3) is 0.364. The quantitative estimate of drug-likeness (QED) is 0.643. The number of carbonyl (C=O) groups excluding carboxylic acids is 1. The van der Waals surface area contributed by atoms with Crippen LogP contribution in [0.5, 0.6) is 5.75 Å². The standard InChI is InChI=1S/C11H15NO3/c1-7-4-8(6-14)11(15)9(5-7)10(12)2-3-13/h4-6,10,13,15H,2-3,12H2,1H3/t10-/m0/s1. The summed E-state index contributed by atoms with van der Waals surface area (Å²) >= 11 is 0. The Labute approximate surface area is 88.3 Å². The number of hydrogen-bond acceptors (Lipinski definition) is 4. The zero-order valence-corrected chi connectivity index (χ0v) is 8.60. The Hall–Kier alpha value is -1.39. The minimum atomic E-state index is -0.450. The average Bonchev–Trinajstić information content (AvgIpc) is 2.21. The molecule has 0 aliphatic carbocycles. The molecular weight excluding hydrogens is 194 g/mol. The Balaban J connectivity index is 3.16. The fourth-order valence-corrected chi connectivity index (χ4v) is 1.50. The van der Waals surface area contributed by atoms with Crippen LogP contribution in [0.25, 0.3) is 0 Å². The highest BCUT2D eigenvalue weighted by Crippen LogP contribution is 2.28. The van der Waals surface area contributed by atoms with Crippen LogP contribution in [-0.4, -0.2) is 23.1 Å². The highest BCUT2D eigenvalue weighted by atomic mass is 16.3. The molecule has 0 amide bonds. The SMILES string of the molecule is Cc1cc(C=O)c(O)c([C@@H](N)CCO)c1. The van der Waals surface area contributed by atoms with Crippen molar-refractivity contribution in [3.8, 4) is 5.75 Å². The van der Waals surface area contributed by atoms with Gasteiger partial charge in [-0.3, -0.25) is 4.79 Å². The van der Waals surface area contributed by atoms with Crippen LogP contribution >= 0.6 is 0 Å². The molecule has 0 unspecified atom stereocenters. The van der Waals surface area contributed by atoms with Gasteiger partial charge in [0.1, 0.15) is 5.75 Å². The summed E-state index contributed by atoms with van der Waals surface area (Å²) in [6.45, 7) is 1.77. The van der Waals surface area contributed by atoms with E-state index in [-0.39, 0.29) is 17.9 Å². The lowest BCUT2D eigenvalue weighted by molar-refractivity contribution is 0.112. The van der Waals surface area contributed by atoms with Crippen LogP contribution in [0.3, 0.4) is 0 Å². The van der Waals surface area contributed by atoms with Gasteiger partial charge in [0.15, 0.2) is 6.29 Å². The van der Waals surface area contributed by atoms with Gasteiger partial charge >= 0.3 is 0 Å². The third-order valence-corrected chi connectivity index (χ3v) is 2.28. The molecule has 0 spiro atoms. The predicted octanol–water partition coefficient (Wildman–Crippen LogP) is 0.895. The molecule has 0 aliphatic rings. The molecule has 0 fully saturated rings. The van der Waals surface area contributed by atoms with Crippen molar-refractivity contribution in [2.75, 3.05) is 6.61 Å². The second-order valence-electron chi connectivity index (χ2n) is 3.53. The van der Waals surface area contributed by atoms with Crippen LogP contribution in [0.1, 0.15) is 33.9 Å². The van der Waals surface area contributed by atoms with E-state index in [1.807, 2.05) is 6.92 Å². The summed E-state index contributed by atoms with van der Waals surface area (Å²) in [5, 5.41) is 18.5. The van der Waals surface area contributed by atoms with E-state index in [4.69, 9.17) is 10.8 Å². The highest BCUT2D eigenvalue weighted by Gasteiger charge is 2.14. The third kappa shape index (κ3) is 2.55. The second kappa shape index (κ2) is 4.91. The summed E-state index contributed by atoms with van der Waals surface area (Å²) in [6, 6.07) is 2.87. The van der Waals surface area contributed by atoms with E-state index < -0.39 is 6.04 Å². The Morgan fingerprint density at radius 2 is 2.20 bits per heavy atom. The minimum absolute atomic E-state index is 0.0506. The van der Waals surface area contributed by atoms with Gasteiger partial charge in [-0.05, 0) is 25.0 Å². The fourth-order valence-electron chi connectivity index (χ4n) is 1.50. The van der Waals surface area contributed by atoms with Crippen molar-refractivity contribution in [1.82, 2.24) is 0 Å². The van der Waals surface area contributed by atoms with E-state index in [1.165, 1.54) is 0 Å². The first kappa shape index (κ1) is 11.7. The first-order valence-corrected chi connectivity index (χ1v) is 4.75. The zero-order valence-electron chi connectivity index (χ0n) is 8.60. The number of aryl methyl sites for hydroxylation is 1. The molecule has 4 nitrogen and oxygen atoms in total. The number of hydrogen-bond donors (Lipinski definition) is 3. The number of phenols is 1. The van der Waals surface area contributed by atoms with Crippen LogP contribution in [0, 0.1) is 6.92 Å². The molecule has 4 heteroatoms. The van der Waals surface area contributed by atoms with Gasteiger partial charge in [-0.25, -0.2) is 0 Å². The monoisotopic (exact) mass is 209 g/mol. The molecule has 1 aromatic carbocycles. The van der Waals surface area contributed by atoms with Gasteiger partial charge in [-0.15, -0.1) is 0 Å². The number of rotatable bonds is 4. The summed E-state index contributed by atoms with van der Waals surface area (Å²) < 4.78 is 0. The molecule has 0 heterocycles. The topological polar surface area (TPSA) is 83.5 Å². The van der Waals surface area contributed by atoms with Crippen molar-refractivity contribution in [2.45, 2.75) is 19.4 Å². The van der Waals surface area contributed by atoms with Crippen molar-refractivity contribution in [3.63, 3.8) is 0 Å². The number of aldehydes is 1. The van der Waals surface area contributed by atoms with Crippen molar-refractivity contribution in [3.05, 3.63) is 28.8 Å². The van der Waals surface area contributed by atoms with Crippen molar-refractivity contribution >= 4 is 6.29 Å². The summed E-state index contributed by atoms with van der Waals surface area (Å²) in [6.07, 6.45) is 0.951. The average molecular weight is 209 g/mol. The lowest BCUT2D eigenvalue weighted by Gasteiger charge is -2.14. The van der Waals surface area contributed by atoms with E-state index in [1.54, 1.807) is 12.1 Å². The van der Waals surface area contributed by atoms with Crippen LogP contribution in [0.2, 0.25) is 0 Å². The normalized spacial score (nSPS) is 12.5. The molecule has 82 valence electrons. The van der Waals surface area contributed by atoms with Crippen LogP contribution in [-0.2, 0) is 0 Å². The lowest BCUT2D eigenvalue weighted by Crippen LogP contribution is -2.13. The van der Waals surface area contributed by atoms with Crippen LogP contribution in [0.4, 0.5) is 0 Å². The number of nitrogens with two attached hydrogens (primary N) is 1. The lowest BCUT2D eigenvalue weighted by atomic mass is 9.98. The molecule has 0 aromatic heterocycles. The number of carbonyl (C=O) groups is 1.